The molecule has 0 bridgehead atoms. The molecule has 1 heterocycles. The molecule has 5 heteroatoms. The normalized spacial score (nSPS) is 22.6. The molecule has 1 saturated heterocycles. The average molecular weight is 239 g/mol. The molecule has 1 fully saturated rings. The van der Waals surface area contributed by atoms with Crippen LogP contribution in [0.1, 0.15) is 19.8 Å². The van der Waals surface area contributed by atoms with Crippen LogP contribution in [0.25, 0.3) is 0 Å². The Morgan fingerprint density at radius 3 is 2.93 bits per heavy atom. The molecule has 2 N–H and O–H groups in total. The van der Waals surface area contributed by atoms with Gasteiger partial charge in [-0.2, -0.15) is 11.8 Å². The third-order valence-corrected chi connectivity index (χ3v) is 3.31. The minimum Gasteiger partial charge on any atom is -0.354 e. The second kappa shape index (κ2) is 7.37. The van der Waals surface area contributed by atoms with Gasteiger partial charge in [-0.05, 0) is 25.6 Å². The lowest BCUT2D eigenvalue weighted by Gasteiger charge is -2.13. The summed E-state index contributed by atoms with van der Waals surface area (Å²) in [5.41, 5.74) is 0. The van der Waals surface area contributed by atoms with E-state index >= 15 is 0 Å². The van der Waals surface area contributed by atoms with Crippen LogP contribution in [0.15, 0.2) is 0 Å². The van der Waals surface area contributed by atoms with Crippen LogP contribution >= 0.6 is 24.2 Å². The molecule has 0 saturated carbocycles. The number of nitrogens with one attached hydrogen (secondary N) is 2. The molecule has 2 atom stereocenters. The highest BCUT2D eigenvalue weighted by molar-refractivity contribution is 7.99. The molecule has 1 amide bonds. The van der Waals surface area contributed by atoms with Crippen molar-refractivity contribution in [3.05, 3.63) is 0 Å². The van der Waals surface area contributed by atoms with E-state index in [1.54, 1.807) is 11.8 Å². The number of amides is 1. The van der Waals surface area contributed by atoms with Crippen LogP contribution in [0, 0.1) is 0 Å². The first kappa shape index (κ1) is 14.1. The van der Waals surface area contributed by atoms with E-state index in [0.29, 0.717) is 5.25 Å². The van der Waals surface area contributed by atoms with Crippen molar-refractivity contribution in [2.24, 2.45) is 0 Å². The number of carbonyl (C=O) groups excluding carboxylic acids is 1. The molecular weight excluding hydrogens is 220 g/mol. The maximum Gasteiger partial charge on any atom is 0.237 e. The van der Waals surface area contributed by atoms with Gasteiger partial charge in [0.15, 0.2) is 0 Å². The molecule has 1 aliphatic heterocycles. The van der Waals surface area contributed by atoms with Crippen LogP contribution < -0.4 is 10.6 Å². The number of rotatable bonds is 4. The fraction of sp³-hybridized carbons (Fsp3) is 0.889. The zero-order valence-corrected chi connectivity index (χ0v) is 10.3. The van der Waals surface area contributed by atoms with Crippen LogP contribution in [0.4, 0.5) is 0 Å². The number of halogens is 1. The SMILES string of the molecule is CSC(C)CNC(=O)[C@@H]1CCCN1.Cl. The minimum atomic E-state index is 0. The third-order valence-electron chi connectivity index (χ3n) is 2.34. The largest absolute Gasteiger partial charge is 0.354 e. The van der Waals surface area contributed by atoms with Crippen molar-refractivity contribution < 1.29 is 4.79 Å². The average Bonchev–Trinajstić information content (AvgIpc) is 2.66. The predicted octanol–water partition coefficient (Wildman–Crippen LogP) is 1.03. The second-order valence-electron chi connectivity index (χ2n) is 3.44. The zero-order valence-electron chi connectivity index (χ0n) is 8.71. The highest BCUT2D eigenvalue weighted by Gasteiger charge is 2.21. The van der Waals surface area contributed by atoms with Gasteiger partial charge in [0.2, 0.25) is 5.91 Å². The third kappa shape index (κ3) is 4.53. The highest BCUT2D eigenvalue weighted by Crippen LogP contribution is 2.06. The topological polar surface area (TPSA) is 41.1 Å². The van der Waals surface area contributed by atoms with Gasteiger partial charge in [0.25, 0.3) is 0 Å². The van der Waals surface area contributed by atoms with E-state index in [-0.39, 0.29) is 24.4 Å². The van der Waals surface area contributed by atoms with E-state index < -0.39 is 0 Å². The first-order chi connectivity index (χ1) is 6.24. The van der Waals surface area contributed by atoms with E-state index in [4.69, 9.17) is 0 Å². The molecule has 1 unspecified atom stereocenters. The van der Waals surface area contributed by atoms with Gasteiger partial charge in [0.05, 0.1) is 6.04 Å². The Morgan fingerprint density at radius 2 is 2.43 bits per heavy atom. The van der Waals surface area contributed by atoms with Crippen molar-refractivity contribution >= 4 is 30.1 Å². The summed E-state index contributed by atoms with van der Waals surface area (Å²) < 4.78 is 0. The Morgan fingerprint density at radius 1 is 1.71 bits per heavy atom. The van der Waals surface area contributed by atoms with Crippen molar-refractivity contribution in [3.63, 3.8) is 0 Å². The molecule has 0 aromatic carbocycles. The summed E-state index contributed by atoms with van der Waals surface area (Å²) >= 11 is 1.77. The van der Waals surface area contributed by atoms with E-state index in [0.717, 1.165) is 25.9 Å². The van der Waals surface area contributed by atoms with Crippen molar-refractivity contribution in [1.29, 1.82) is 0 Å². The first-order valence-electron chi connectivity index (χ1n) is 4.78. The Hall–Kier alpha value is 0.0700. The molecule has 0 aromatic heterocycles. The van der Waals surface area contributed by atoms with E-state index in [2.05, 4.69) is 23.8 Å². The number of carbonyl (C=O) groups is 1. The maximum absolute atomic E-state index is 11.5. The summed E-state index contributed by atoms with van der Waals surface area (Å²) in [7, 11) is 0. The van der Waals surface area contributed by atoms with Crippen LogP contribution in [0.3, 0.4) is 0 Å². The van der Waals surface area contributed by atoms with Crippen LogP contribution in [0.5, 0.6) is 0 Å². The van der Waals surface area contributed by atoms with Gasteiger partial charge in [0.1, 0.15) is 0 Å². The molecule has 0 radical (unpaired) electrons. The minimum absolute atomic E-state index is 0. The molecular formula is C9H19ClN2OS. The van der Waals surface area contributed by atoms with Gasteiger partial charge < -0.3 is 10.6 Å². The fourth-order valence-electron chi connectivity index (χ4n) is 1.36. The van der Waals surface area contributed by atoms with Gasteiger partial charge in [-0.3, -0.25) is 4.79 Å². The smallest absolute Gasteiger partial charge is 0.237 e. The molecule has 14 heavy (non-hydrogen) atoms. The lowest BCUT2D eigenvalue weighted by molar-refractivity contribution is -0.122. The second-order valence-corrected chi connectivity index (χ2v) is 4.72. The van der Waals surface area contributed by atoms with Crippen LogP contribution in [0.2, 0.25) is 0 Å². The summed E-state index contributed by atoms with van der Waals surface area (Å²) in [5.74, 6) is 0.165. The van der Waals surface area contributed by atoms with Crippen LogP contribution in [-0.4, -0.2) is 36.5 Å². The summed E-state index contributed by atoms with van der Waals surface area (Å²) in [5, 5.41) is 6.64. The van der Waals surface area contributed by atoms with E-state index in [1.807, 2.05) is 0 Å². The predicted molar refractivity (Wildman–Crippen MR) is 64.3 cm³/mol. The van der Waals surface area contributed by atoms with Crippen molar-refractivity contribution in [1.82, 2.24) is 10.6 Å². The number of hydrogen-bond acceptors (Lipinski definition) is 3. The summed E-state index contributed by atoms with van der Waals surface area (Å²) in [6.07, 6.45) is 4.17. The Balaban J connectivity index is 0.00000169. The summed E-state index contributed by atoms with van der Waals surface area (Å²) in [6.45, 7) is 3.88. The van der Waals surface area contributed by atoms with Gasteiger partial charge in [0, 0.05) is 11.8 Å². The maximum atomic E-state index is 11.5. The van der Waals surface area contributed by atoms with E-state index in [1.165, 1.54) is 0 Å². The van der Waals surface area contributed by atoms with E-state index in [9.17, 15) is 4.79 Å². The van der Waals surface area contributed by atoms with Crippen molar-refractivity contribution in [3.8, 4) is 0 Å². The van der Waals surface area contributed by atoms with Crippen molar-refractivity contribution in [2.45, 2.75) is 31.1 Å². The monoisotopic (exact) mass is 238 g/mol. The molecule has 3 nitrogen and oxygen atoms in total. The molecule has 84 valence electrons. The molecule has 0 aromatic rings. The van der Waals surface area contributed by atoms with Gasteiger partial charge in [-0.15, -0.1) is 12.4 Å². The Bertz CT molecular complexity index is 174. The van der Waals surface area contributed by atoms with Gasteiger partial charge >= 0.3 is 0 Å². The van der Waals surface area contributed by atoms with Crippen LogP contribution in [-0.2, 0) is 4.79 Å². The number of hydrogen-bond donors (Lipinski definition) is 2. The fourth-order valence-corrected chi connectivity index (χ4v) is 1.61. The Kier molecular flexibility index (Phi) is 7.41. The number of thioether (sulfide) groups is 1. The molecule has 1 rings (SSSR count). The lowest BCUT2D eigenvalue weighted by Crippen LogP contribution is -2.42. The summed E-state index contributed by atoms with van der Waals surface area (Å²) in [6, 6.07) is 0.0639. The first-order valence-corrected chi connectivity index (χ1v) is 6.06. The molecule has 0 aliphatic carbocycles. The van der Waals surface area contributed by atoms with Crippen molar-refractivity contribution in [2.75, 3.05) is 19.3 Å². The Labute approximate surface area is 96.2 Å². The molecule has 0 spiro atoms. The van der Waals surface area contributed by atoms with Gasteiger partial charge in [-0.1, -0.05) is 6.92 Å². The standard InChI is InChI=1S/C9H18N2OS.ClH/c1-7(13-2)6-11-9(12)8-4-3-5-10-8;/h7-8,10H,3-6H2,1-2H3,(H,11,12);1H/t7?,8-;/m0./s1. The quantitative estimate of drug-likeness (QED) is 0.769. The zero-order chi connectivity index (χ0) is 9.68. The molecule has 1 aliphatic rings. The lowest BCUT2D eigenvalue weighted by atomic mass is 10.2. The van der Waals surface area contributed by atoms with Gasteiger partial charge in [-0.25, -0.2) is 0 Å². The highest BCUT2D eigenvalue weighted by atomic mass is 35.5. The summed E-state index contributed by atoms with van der Waals surface area (Å²) in [4.78, 5) is 11.5.